The molecule has 0 atom stereocenters. The molecule has 3 heteroatoms. The van der Waals surface area contributed by atoms with Crippen LogP contribution in [0.2, 0.25) is 0 Å². The molecule has 1 aliphatic rings. The average molecular weight is 610 g/mol. The molecule has 0 unspecified atom stereocenters. The van der Waals surface area contributed by atoms with Crippen molar-refractivity contribution in [2.24, 2.45) is 0 Å². The van der Waals surface area contributed by atoms with E-state index in [4.69, 9.17) is 0 Å². The first-order chi connectivity index (χ1) is 22.8. The number of nitrogens with zero attached hydrogens (tertiary/aromatic N) is 1. The van der Waals surface area contributed by atoms with Crippen molar-refractivity contribution in [3.05, 3.63) is 186 Å². The molecule has 0 saturated carbocycles. The lowest BCUT2D eigenvalue weighted by Crippen LogP contribution is -2.10. The maximum atomic E-state index is 13.4. The van der Waals surface area contributed by atoms with Gasteiger partial charge in [0, 0.05) is 28.2 Å². The average Bonchev–Trinajstić information content (AvgIpc) is 3.32. The van der Waals surface area contributed by atoms with E-state index in [0.29, 0.717) is 11.1 Å². The number of carbonyl (C=O) groups is 2. The lowest BCUT2D eigenvalue weighted by atomic mass is 9.99. The number of carbonyl (C=O) groups excluding carboxylic acids is 2. The second-order valence-corrected chi connectivity index (χ2v) is 11.5. The highest BCUT2D eigenvalue weighted by molar-refractivity contribution is 6.41. The Hall–Kier alpha value is -6.06. The standard InChI is InChI=1S/C44H35NO2/c1-6-10-31(8-3)33-16-21-38(22-17-33)45(37-19-12-29(5)13-20-37)39-23-18-35-24-30(14-15-36(35)26-39)25-42-43(46)40-27-32(9-4)34(11-7-2)28-41(40)44(42)47/h6-28H,1,3-4H2,2,5H3/b11-7-,31-10+,42-25?. The molecule has 1 aliphatic carbocycles. The SMILES string of the molecule is C=C/C=C(\C=C)c1ccc(N(c2ccc(C)cc2)c2ccc3cc(C=C4C(=O)c5cc(C=C)c(/C=C\C)cc5C4=O)ccc3c2)cc1. The van der Waals surface area contributed by atoms with E-state index in [1.807, 2.05) is 49.4 Å². The number of ketones is 2. The fraction of sp³-hybridized carbons (Fsp3) is 0.0455. The van der Waals surface area contributed by atoms with Crippen LogP contribution in [0.1, 0.15) is 55.5 Å². The molecule has 0 aliphatic heterocycles. The zero-order valence-electron chi connectivity index (χ0n) is 26.7. The molecular formula is C44H35NO2. The van der Waals surface area contributed by atoms with Crippen LogP contribution in [-0.2, 0) is 0 Å². The van der Waals surface area contributed by atoms with Gasteiger partial charge in [0.25, 0.3) is 0 Å². The second kappa shape index (κ2) is 13.1. The minimum atomic E-state index is -0.254. The maximum absolute atomic E-state index is 13.4. The normalized spacial score (nSPS) is 13.7. The summed E-state index contributed by atoms with van der Waals surface area (Å²) < 4.78 is 0. The van der Waals surface area contributed by atoms with Crippen LogP contribution in [0.25, 0.3) is 34.6 Å². The number of aryl methyl sites for hydroxylation is 1. The molecule has 0 N–H and O–H groups in total. The van der Waals surface area contributed by atoms with E-state index in [1.165, 1.54) is 5.56 Å². The van der Waals surface area contributed by atoms with Gasteiger partial charge in [0.1, 0.15) is 0 Å². The Morgan fingerprint density at radius 2 is 1.28 bits per heavy atom. The van der Waals surface area contributed by atoms with Crippen molar-refractivity contribution in [3.8, 4) is 0 Å². The van der Waals surface area contributed by atoms with Crippen molar-refractivity contribution in [1.29, 1.82) is 0 Å². The summed E-state index contributed by atoms with van der Waals surface area (Å²) in [5, 5.41) is 2.05. The van der Waals surface area contributed by atoms with Crippen LogP contribution in [0.3, 0.4) is 0 Å². The van der Waals surface area contributed by atoms with E-state index in [1.54, 1.807) is 30.4 Å². The van der Waals surface area contributed by atoms with Crippen molar-refractivity contribution in [2.75, 3.05) is 4.90 Å². The summed E-state index contributed by atoms with van der Waals surface area (Å²) in [6, 6.07) is 32.8. The number of Topliss-reactive ketones (excluding diaryl/α,β-unsaturated/α-hetero) is 2. The number of allylic oxidation sites excluding steroid dienone is 6. The Labute approximate surface area is 276 Å². The largest absolute Gasteiger partial charge is 0.310 e. The van der Waals surface area contributed by atoms with Crippen LogP contribution < -0.4 is 4.90 Å². The summed E-state index contributed by atoms with van der Waals surface area (Å²) in [5.74, 6) is -0.503. The second-order valence-electron chi connectivity index (χ2n) is 11.5. The molecule has 47 heavy (non-hydrogen) atoms. The molecule has 0 radical (unpaired) electrons. The summed E-state index contributed by atoms with van der Waals surface area (Å²) in [6.45, 7) is 15.6. The monoisotopic (exact) mass is 609 g/mol. The van der Waals surface area contributed by atoms with E-state index in [-0.39, 0.29) is 17.1 Å². The fourth-order valence-electron chi connectivity index (χ4n) is 6.03. The quantitative estimate of drug-likeness (QED) is 0.0948. The van der Waals surface area contributed by atoms with Crippen molar-refractivity contribution < 1.29 is 9.59 Å². The molecule has 6 rings (SSSR count). The van der Waals surface area contributed by atoms with Gasteiger partial charge < -0.3 is 4.90 Å². The molecule has 5 aromatic rings. The van der Waals surface area contributed by atoms with Crippen molar-refractivity contribution >= 4 is 63.2 Å². The van der Waals surface area contributed by atoms with E-state index in [2.05, 4.69) is 98.3 Å². The summed E-state index contributed by atoms with van der Waals surface area (Å²) in [5.41, 5.74) is 9.88. The zero-order valence-corrected chi connectivity index (χ0v) is 26.7. The summed E-state index contributed by atoms with van der Waals surface area (Å²) in [7, 11) is 0. The van der Waals surface area contributed by atoms with E-state index < -0.39 is 0 Å². The van der Waals surface area contributed by atoms with Crippen LogP contribution >= 0.6 is 0 Å². The number of fused-ring (bicyclic) bond motifs is 2. The highest BCUT2D eigenvalue weighted by Gasteiger charge is 2.33. The molecule has 0 aromatic heterocycles. The van der Waals surface area contributed by atoms with Gasteiger partial charge in [-0.2, -0.15) is 0 Å². The summed E-state index contributed by atoms with van der Waals surface area (Å²) >= 11 is 0. The molecule has 0 amide bonds. The molecule has 0 spiro atoms. The highest BCUT2D eigenvalue weighted by atomic mass is 16.2. The van der Waals surface area contributed by atoms with Crippen molar-refractivity contribution in [2.45, 2.75) is 13.8 Å². The molecule has 5 aromatic carbocycles. The topological polar surface area (TPSA) is 37.4 Å². The number of hydrogen-bond acceptors (Lipinski definition) is 3. The molecule has 228 valence electrons. The first-order valence-electron chi connectivity index (χ1n) is 15.6. The van der Waals surface area contributed by atoms with E-state index >= 15 is 0 Å². The third kappa shape index (κ3) is 5.99. The predicted molar refractivity (Wildman–Crippen MR) is 200 cm³/mol. The third-order valence-electron chi connectivity index (χ3n) is 8.45. The smallest absolute Gasteiger partial charge is 0.197 e. The van der Waals surface area contributed by atoms with Crippen LogP contribution in [0, 0.1) is 6.92 Å². The maximum Gasteiger partial charge on any atom is 0.197 e. The van der Waals surface area contributed by atoms with Gasteiger partial charge in [0.2, 0.25) is 0 Å². The molecular weight excluding hydrogens is 574 g/mol. The van der Waals surface area contributed by atoms with Gasteiger partial charge in [-0.15, -0.1) is 0 Å². The Balaban J connectivity index is 1.36. The number of benzene rings is 5. The first kappa shape index (κ1) is 30.9. The van der Waals surface area contributed by atoms with Crippen molar-refractivity contribution in [3.63, 3.8) is 0 Å². The van der Waals surface area contributed by atoms with Gasteiger partial charge in [0.15, 0.2) is 11.6 Å². The highest BCUT2D eigenvalue weighted by Crippen LogP contribution is 2.37. The Bertz CT molecular complexity index is 2170. The van der Waals surface area contributed by atoms with Crippen LogP contribution in [0.4, 0.5) is 17.1 Å². The minimum absolute atomic E-state index is 0.181. The molecule has 0 saturated heterocycles. The lowest BCUT2D eigenvalue weighted by Gasteiger charge is -2.26. The van der Waals surface area contributed by atoms with Gasteiger partial charge in [-0.3, -0.25) is 9.59 Å². The number of anilines is 3. The zero-order chi connectivity index (χ0) is 33.1. The van der Waals surface area contributed by atoms with Crippen molar-refractivity contribution in [1.82, 2.24) is 0 Å². The number of hydrogen-bond donors (Lipinski definition) is 0. The molecule has 3 nitrogen and oxygen atoms in total. The summed E-state index contributed by atoms with van der Waals surface area (Å²) in [6.07, 6.45) is 12.8. The Kier molecular flexibility index (Phi) is 8.64. The van der Waals surface area contributed by atoms with Crippen LogP contribution in [0.5, 0.6) is 0 Å². The lowest BCUT2D eigenvalue weighted by molar-refractivity contribution is 0.0990. The van der Waals surface area contributed by atoms with Gasteiger partial charge in [-0.1, -0.05) is 104 Å². The minimum Gasteiger partial charge on any atom is -0.310 e. The molecule has 0 heterocycles. The van der Waals surface area contributed by atoms with Gasteiger partial charge >= 0.3 is 0 Å². The summed E-state index contributed by atoms with van der Waals surface area (Å²) in [4.78, 5) is 29.0. The van der Waals surface area contributed by atoms with Gasteiger partial charge in [-0.25, -0.2) is 0 Å². The van der Waals surface area contributed by atoms with Gasteiger partial charge in [0.05, 0.1) is 5.57 Å². The van der Waals surface area contributed by atoms with Gasteiger partial charge in [-0.05, 0) is 113 Å². The predicted octanol–water partition coefficient (Wildman–Crippen LogP) is 11.5. The first-order valence-corrected chi connectivity index (χ1v) is 15.6. The van der Waals surface area contributed by atoms with E-state index in [0.717, 1.165) is 55.7 Å². The van der Waals surface area contributed by atoms with E-state index in [9.17, 15) is 9.59 Å². The molecule has 0 fully saturated rings. The Morgan fingerprint density at radius 1 is 0.681 bits per heavy atom. The van der Waals surface area contributed by atoms with Crippen LogP contribution in [-0.4, -0.2) is 11.6 Å². The molecule has 0 bridgehead atoms. The third-order valence-corrected chi connectivity index (χ3v) is 8.45. The number of rotatable bonds is 9. The van der Waals surface area contributed by atoms with Crippen LogP contribution in [0.15, 0.2) is 147 Å². The Morgan fingerprint density at radius 3 is 1.89 bits per heavy atom. The fourth-order valence-corrected chi connectivity index (χ4v) is 6.03.